The van der Waals surface area contributed by atoms with Crippen LogP contribution in [0.25, 0.3) is 0 Å². The topological polar surface area (TPSA) is 82.1 Å². The quantitative estimate of drug-likeness (QED) is 0.582. The van der Waals surface area contributed by atoms with Crippen LogP contribution in [0.5, 0.6) is 0 Å². The van der Waals surface area contributed by atoms with Gasteiger partial charge in [-0.1, -0.05) is 19.3 Å². The molecule has 2 saturated carbocycles. The molecule has 2 aliphatic carbocycles. The lowest BCUT2D eigenvalue weighted by Gasteiger charge is -2.45. The van der Waals surface area contributed by atoms with E-state index in [4.69, 9.17) is 0 Å². The van der Waals surface area contributed by atoms with Crippen molar-refractivity contribution in [3.8, 4) is 0 Å². The van der Waals surface area contributed by atoms with E-state index < -0.39 is 14.6 Å². The summed E-state index contributed by atoms with van der Waals surface area (Å²) in [6, 6.07) is 0.411. The van der Waals surface area contributed by atoms with E-state index in [1.807, 2.05) is 0 Å². The van der Waals surface area contributed by atoms with Crippen LogP contribution in [0.1, 0.15) is 44.9 Å². The minimum Gasteiger partial charge on any atom is -0.353 e. The first-order valence-corrected chi connectivity index (χ1v) is 11.0. The predicted octanol–water partition coefficient (Wildman–Crippen LogP) is 0.616. The van der Waals surface area contributed by atoms with Crippen LogP contribution in [-0.4, -0.2) is 80.4 Å². The summed E-state index contributed by atoms with van der Waals surface area (Å²) in [6.07, 6.45) is 6.80. The monoisotopic (exact) mass is 370 g/mol. The van der Waals surface area contributed by atoms with Gasteiger partial charge in [-0.05, 0) is 25.7 Å². The highest BCUT2D eigenvalue weighted by molar-refractivity contribution is 7.92. The molecule has 1 amide bonds. The van der Waals surface area contributed by atoms with Gasteiger partial charge in [0.2, 0.25) is 5.91 Å². The molecule has 0 atom stereocenters. The van der Waals surface area contributed by atoms with E-state index in [1.54, 1.807) is 14.1 Å². The maximum atomic E-state index is 12.8. The second-order valence-electron chi connectivity index (χ2n) is 7.83. The lowest BCUT2D eigenvalue weighted by molar-refractivity contribution is -0.127. The number of sulfone groups is 1. The van der Waals surface area contributed by atoms with Gasteiger partial charge in [-0.15, -0.1) is 0 Å². The van der Waals surface area contributed by atoms with Crippen LogP contribution in [0.4, 0.5) is 0 Å². The molecule has 25 heavy (non-hydrogen) atoms. The summed E-state index contributed by atoms with van der Waals surface area (Å²) in [5.41, 5.74) is 0. The molecule has 0 unspecified atom stereocenters. The molecule has 1 N–H and O–H groups in total. The number of guanidine groups is 1. The van der Waals surface area contributed by atoms with Crippen molar-refractivity contribution in [1.82, 2.24) is 15.1 Å². The van der Waals surface area contributed by atoms with Crippen LogP contribution >= 0.6 is 0 Å². The summed E-state index contributed by atoms with van der Waals surface area (Å²) in [6.45, 7) is 1.06. The van der Waals surface area contributed by atoms with Gasteiger partial charge in [-0.3, -0.25) is 4.79 Å². The molecule has 1 spiro atoms. The van der Waals surface area contributed by atoms with Gasteiger partial charge in [-0.25, -0.2) is 13.4 Å². The molecule has 3 fully saturated rings. The molecule has 7 nitrogen and oxygen atoms in total. The zero-order chi connectivity index (χ0) is 18.1. The Bertz CT molecular complexity index is 634. The third-order valence-electron chi connectivity index (χ3n) is 5.61. The summed E-state index contributed by atoms with van der Waals surface area (Å²) in [4.78, 5) is 20.0. The number of nitrogens with one attached hydrogen (secondary N) is 1. The summed E-state index contributed by atoms with van der Waals surface area (Å²) in [5.74, 6) is 0.838. The highest BCUT2D eigenvalue weighted by Crippen LogP contribution is 2.38. The molecule has 3 rings (SSSR count). The third-order valence-corrected chi connectivity index (χ3v) is 8.18. The van der Waals surface area contributed by atoms with Crippen LogP contribution in [0.2, 0.25) is 0 Å². The first-order chi connectivity index (χ1) is 11.8. The molecular formula is C17H30N4O3S. The maximum absolute atomic E-state index is 12.8. The van der Waals surface area contributed by atoms with E-state index in [2.05, 4.69) is 15.2 Å². The van der Waals surface area contributed by atoms with Crippen molar-refractivity contribution < 1.29 is 13.2 Å². The molecule has 0 aromatic heterocycles. The van der Waals surface area contributed by atoms with Crippen LogP contribution in [0, 0.1) is 0 Å². The molecule has 1 aliphatic heterocycles. The van der Waals surface area contributed by atoms with Gasteiger partial charge in [0.05, 0.1) is 10.5 Å². The molecule has 8 heteroatoms. The highest BCUT2D eigenvalue weighted by Gasteiger charge is 2.49. The number of rotatable bonds is 3. The van der Waals surface area contributed by atoms with Crippen LogP contribution in [0.3, 0.4) is 0 Å². The van der Waals surface area contributed by atoms with Gasteiger partial charge in [0.15, 0.2) is 15.8 Å². The lowest BCUT2D eigenvalue weighted by Crippen LogP contribution is -2.60. The molecule has 1 saturated heterocycles. The van der Waals surface area contributed by atoms with Gasteiger partial charge in [0, 0.05) is 33.2 Å². The molecule has 0 radical (unpaired) electrons. The first kappa shape index (κ1) is 18.5. The zero-order valence-corrected chi connectivity index (χ0v) is 16.1. The van der Waals surface area contributed by atoms with E-state index in [9.17, 15) is 13.2 Å². The van der Waals surface area contributed by atoms with Gasteiger partial charge >= 0.3 is 0 Å². The number of likely N-dealkylation sites (N-methyl/N-ethyl adjacent to an activating group) is 1. The molecule has 3 aliphatic rings. The predicted molar refractivity (Wildman–Crippen MR) is 98.3 cm³/mol. The smallest absolute Gasteiger partial charge is 0.243 e. The van der Waals surface area contributed by atoms with Crippen molar-refractivity contribution in [3.63, 3.8) is 0 Å². The van der Waals surface area contributed by atoms with Crippen molar-refractivity contribution >= 4 is 21.7 Å². The Morgan fingerprint density at radius 1 is 1.24 bits per heavy atom. The summed E-state index contributed by atoms with van der Waals surface area (Å²) < 4.78 is 24.9. The standard InChI is InChI=1S/C17H30N4O3S/c1-20(2)15(22)12-18-16(19-14-6-7-14)21-10-11-25(23,24)17(13-21)8-4-3-5-9-17/h14H,3-13H2,1-2H3,(H,18,19). The van der Waals surface area contributed by atoms with Crippen LogP contribution in [0.15, 0.2) is 4.99 Å². The normalized spacial score (nSPS) is 25.7. The third kappa shape index (κ3) is 4.10. The Morgan fingerprint density at radius 2 is 1.92 bits per heavy atom. The average molecular weight is 371 g/mol. The zero-order valence-electron chi connectivity index (χ0n) is 15.3. The van der Waals surface area contributed by atoms with Gasteiger partial charge in [0.25, 0.3) is 0 Å². The Labute approximate surface area is 150 Å². The minimum absolute atomic E-state index is 0.0490. The summed E-state index contributed by atoms with van der Waals surface area (Å²) in [5, 5.41) is 3.41. The van der Waals surface area contributed by atoms with Gasteiger partial charge in [0.1, 0.15) is 6.54 Å². The van der Waals surface area contributed by atoms with Crippen molar-refractivity contribution in [2.75, 3.05) is 39.5 Å². The second-order valence-corrected chi connectivity index (χ2v) is 10.3. The van der Waals surface area contributed by atoms with Gasteiger partial charge < -0.3 is 15.1 Å². The van der Waals surface area contributed by atoms with E-state index in [-0.39, 0.29) is 18.2 Å². The van der Waals surface area contributed by atoms with Crippen LogP contribution < -0.4 is 5.32 Å². The van der Waals surface area contributed by atoms with Gasteiger partial charge in [-0.2, -0.15) is 0 Å². The average Bonchev–Trinajstić information content (AvgIpc) is 3.39. The van der Waals surface area contributed by atoms with Crippen molar-refractivity contribution in [2.24, 2.45) is 4.99 Å². The Morgan fingerprint density at radius 3 is 2.52 bits per heavy atom. The number of nitrogens with zero attached hydrogens (tertiary/aromatic N) is 3. The Hall–Kier alpha value is -1.31. The van der Waals surface area contributed by atoms with E-state index in [0.29, 0.717) is 25.1 Å². The lowest BCUT2D eigenvalue weighted by atomic mass is 9.87. The van der Waals surface area contributed by atoms with Crippen molar-refractivity contribution in [2.45, 2.75) is 55.7 Å². The highest BCUT2D eigenvalue weighted by atomic mass is 32.2. The second kappa shape index (κ2) is 7.13. The molecule has 142 valence electrons. The number of aliphatic imine (C=N–C) groups is 1. The molecular weight excluding hydrogens is 340 g/mol. The molecule has 0 aromatic rings. The SMILES string of the molecule is CN(C)C(=O)CN=C(NC1CC1)N1CCS(=O)(=O)C2(CCCCC2)C1. The largest absolute Gasteiger partial charge is 0.353 e. The minimum atomic E-state index is -3.07. The number of amides is 1. The Balaban J connectivity index is 1.78. The fraction of sp³-hybridized carbons (Fsp3) is 0.882. The molecule has 0 aromatic carbocycles. The maximum Gasteiger partial charge on any atom is 0.243 e. The number of carbonyl (C=O) groups is 1. The summed E-state index contributed by atoms with van der Waals surface area (Å²) in [7, 11) is 0.367. The van der Waals surface area contributed by atoms with E-state index >= 15 is 0 Å². The van der Waals surface area contributed by atoms with Crippen molar-refractivity contribution in [1.29, 1.82) is 0 Å². The Kier molecular flexibility index (Phi) is 5.27. The first-order valence-electron chi connectivity index (χ1n) is 9.31. The van der Waals surface area contributed by atoms with Crippen molar-refractivity contribution in [3.05, 3.63) is 0 Å². The summed E-state index contributed by atoms with van der Waals surface area (Å²) >= 11 is 0. The van der Waals surface area contributed by atoms with Crippen LogP contribution in [-0.2, 0) is 14.6 Å². The number of hydrogen-bond acceptors (Lipinski definition) is 4. The van der Waals surface area contributed by atoms with E-state index in [1.165, 1.54) is 4.90 Å². The molecule has 0 bridgehead atoms. The number of hydrogen-bond donors (Lipinski definition) is 1. The molecule has 1 heterocycles. The fourth-order valence-corrected chi connectivity index (χ4v) is 5.91. The number of carbonyl (C=O) groups excluding carboxylic acids is 1. The fourth-order valence-electron chi connectivity index (χ4n) is 3.75. The van der Waals surface area contributed by atoms with E-state index in [0.717, 1.165) is 44.9 Å².